The molecule has 2 rings (SSSR count). The lowest BCUT2D eigenvalue weighted by atomic mass is 10.1. The monoisotopic (exact) mass is 292 g/mol. The van der Waals surface area contributed by atoms with Crippen molar-refractivity contribution in [2.75, 3.05) is 25.0 Å². The average molecular weight is 292 g/mol. The van der Waals surface area contributed by atoms with E-state index in [2.05, 4.69) is 10.6 Å². The number of nitrogens with one attached hydrogen (secondary N) is 2. The van der Waals surface area contributed by atoms with Gasteiger partial charge in [0, 0.05) is 13.1 Å². The molecule has 0 fully saturated rings. The van der Waals surface area contributed by atoms with Crippen molar-refractivity contribution in [3.8, 4) is 0 Å². The molecule has 7 heteroatoms. The van der Waals surface area contributed by atoms with E-state index in [1.54, 1.807) is 0 Å². The first-order valence-electron chi connectivity index (χ1n) is 6.16. The fourth-order valence-corrected chi connectivity index (χ4v) is 2.00. The summed E-state index contributed by atoms with van der Waals surface area (Å²) in [4.78, 5) is 0. The standard InChI is InChI=1S/C13H13F5N2/c14-8-9(15)11(17)13(12(18)10(8)16)20-6-3-7-1-4-19-5-2-7/h1,19-20H,2-6H2. The van der Waals surface area contributed by atoms with Crippen molar-refractivity contribution >= 4 is 5.69 Å². The van der Waals surface area contributed by atoms with Crippen molar-refractivity contribution in [3.63, 3.8) is 0 Å². The Morgan fingerprint density at radius 2 is 1.55 bits per heavy atom. The molecule has 1 aromatic carbocycles. The third kappa shape index (κ3) is 2.92. The zero-order chi connectivity index (χ0) is 14.7. The van der Waals surface area contributed by atoms with Crippen LogP contribution in [0.3, 0.4) is 0 Å². The molecule has 20 heavy (non-hydrogen) atoms. The second-order valence-electron chi connectivity index (χ2n) is 4.44. The van der Waals surface area contributed by atoms with Gasteiger partial charge in [-0.1, -0.05) is 11.6 Å². The number of halogens is 5. The molecule has 2 N–H and O–H groups in total. The van der Waals surface area contributed by atoms with Gasteiger partial charge in [-0.15, -0.1) is 0 Å². The Hall–Kier alpha value is -1.63. The Balaban J connectivity index is 2.08. The minimum atomic E-state index is -2.15. The molecule has 0 amide bonds. The molecule has 0 aromatic heterocycles. The molecule has 2 nitrogen and oxygen atoms in total. The number of benzene rings is 1. The zero-order valence-corrected chi connectivity index (χ0v) is 10.5. The van der Waals surface area contributed by atoms with E-state index < -0.39 is 34.8 Å². The maximum atomic E-state index is 13.4. The lowest BCUT2D eigenvalue weighted by Gasteiger charge is -2.15. The van der Waals surface area contributed by atoms with Crippen molar-refractivity contribution in [2.24, 2.45) is 0 Å². The normalized spacial score (nSPS) is 15.2. The van der Waals surface area contributed by atoms with Crippen LogP contribution in [0.25, 0.3) is 0 Å². The highest BCUT2D eigenvalue weighted by atomic mass is 19.2. The molecule has 110 valence electrons. The highest BCUT2D eigenvalue weighted by Gasteiger charge is 2.25. The van der Waals surface area contributed by atoms with Crippen LogP contribution in [0.1, 0.15) is 12.8 Å². The molecule has 0 spiro atoms. The summed E-state index contributed by atoms with van der Waals surface area (Å²) >= 11 is 0. The third-order valence-electron chi connectivity index (χ3n) is 3.12. The molecule has 0 bridgehead atoms. The minimum Gasteiger partial charge on any atom is -0.380 e. The lowest BCUT2D eigenvalue weighted by Crippen LogP contribution is -2.21. The van der Waals surface area contributed by atoms with E-state index in [1.165, 1.54) is 0 Å². The highest BCUT2D eigenvalue weighted by Crippen LogP contribution is 2.27. The molecule has 0 saturated heterocycles. The predicted octanol–water partition coefficient (Wildman–Crippen LogP) is 3.10. The molecular formula is C13H13F5N2. The van der Waals surface area contributed by atoms with Gasteiger partial charge in [0.15, 0.2) is 23.3 Å². The molecule has 1 aliphatic heterocycles. The van der Waals surface area contributed by atoms with E-state index in [0.717, 1.165) is 25.1 Å². The number of rotatable bonds is 4. The van der Waals surface area contributed by atoms with Gasteiger partial charge < -0.3 is 10.6 Å². The van der Waals surface area contributed by atoms with Crippen molar-refractivity contribution < 1.29 is 22.0 Å². The Morgan fingerprint density at radius 1 is 0.950 bits per heavy atom. The fourth-order valence-electron chi connectivity index (χ4n) is 2.00. The van der Waals surface area contributed by atoms with Crippen molar-refractivity contribution in [3.05, 3.63) is 40.7 Å². The van der Waals surface area contributed by atoms with Crippen LogP contribution in [0.5, 0.6) is 0 Å². The summed E-state index contributed by atoms with van der Waals surface area (Å²) in [6.45, 7) is 1.64. The van der Waals surface area contributed by atoms with Crippen LogP contribution in [0.2, 0.25) is 0 Å². The molecule has 0 aliphatic carbocycles. The van der Waals surface area contributed by atoms with Gasteiger partial charge in [0.25, 0.3) is 0 Å². The Kier molecular flexibility index (Phi) is 4.59. The fraction of sp³-hybridized carbons (Fsp3) is 0.385. The van der Waals surface area contributed by atoms with Crippen molar-refractivity contribution in [1.29, 1.82) is 0 Å². The van der Waals surface area contributed by atoms with E-state index in [0.29, 0.717) is 6.42 Å². The van der Waals surface area contributed by atoms with Gasteiger partial charge in [-0.2, -0.15) is 0 Å². The van der Waals surface area contributed by atoms with Gasteiger partial charge in [-0.05, 0) is 19.4 Å². The van der Waals surface area contributed by atoms with Crippen LogP contribution in [-0.2, 0) is 0 Å². The maximum Gasteiger partial charge on any atom is 0.200 e. The van der Waals surface area contributed by atoms with E-state index in [1.807, 2.05) is 6.08 Å². The topological polar surface area (TPSA) is 24.1 Å². The van der Waals surface area contributed by atoms with Gasteiger partial charge in [-0.25, -0.2) is 22.0 Å². The summed E-state index contributed by atoms with van der Waals surface area (Å²) in [7, 11) is 0. The maximum absolute atomic E-state index is 13.4. The summed E-state index contributed by atoms with van der Waals surface area (Å²) in [6, 6.07) is 0. The van der Waals surface area contributed by atoms with Crippen LogP contribution in [0, 0.1) is 29.1 Å². The second kappa shape index (κ2) is 6.21. The molecule has 1 aromatic rings. The van der Waals surface area contributed by atoms with E-state index in [4.69, 9.17) is 0 Å². The van der Waals surface area contributed by atoms with E-state index in [-0.39, 0.29) is 6.54 Å². The molecular weight excluding hydrogens is 279 g/mol. The predicted molar refractivity (Wildman–Crippen MR) is 64.9 cm³/mol. The molecule has 0 unspecified atom stereocenters. The van der Waals surface area contributed by atoms with Crippen molar-refractivity contribution in [2.45, 2.75) is 12.8 Å². The van der Waals surface area contributed by atoms with Crippen LogP contribution in [0.15, 0.2) is 11.6 Å². The SMILES string of the molecule is Fc1c(F)c(F)c(NCCC2=CCNCC2)c(F)c1F. The summed E-state index contributed by atoms with van der Waals surface area (Å²) in [5.41, 5.74) is 0.107. The van der Waals surface area contributed by atoms with E-state index in [9.17, 15) is 22.0 Å². The summed E-state index contributed by atoms with van der Waals surface area (Å²) in [5, 5.41) is 5.38. The summed E-state index contributed by atoms with van der Waals surface area (Å²) in [5.74, 6) is -9.69. The lowest BCUT2D eigenvalue weighted by molar-refractivity contribution is 0.381. The van der Waals surface area contributed by atoms with E-state index >= 15 is 0 Å². The molecule has 0 atom stereocenters. The quantitative estimate of drug-likeness (QED) is 0.386. The largest absolute Gasteiger partial charge is 0.380 e. The Bertz CT molecular complexity index is 513. The van der Waals surface area contributed by atoms with Gasteiger partial charge >= 0.3 is 0 Å². The Morgan fingerprint density at radius 3 is 2.10 bits per heavy atom. The Labute approximate surface area is 112 Å². The number of anilines is 1. The first kappa shape index (κ1) is 14.8. The second-order valence-corrected chi connectivity index (χ2v) is 4.44. The van der Waals surface area contributed by atoms with Crippen LogP contribution >= 0.6 is 0 Å². The number of hydrogen-bond donors (Lipinski definition) is 2. The van der Waals surface area contributed by atoms with Gasteiger partial charge in [0.2, 0.25) is 5.82 Å². The molecule has 1 aliphatic rings. The third-order valence-corrected chi connectivity index (χ3v) is 3.12. The zero-order valence-electron chi connectivity index (χ0n) is 10.5. The first-order chi connectivity index (χ1) is 9.52. The molecule has 0 saturated carbocycles. The smallest absolute Gasteiger partial charge is 0.200 e. The summed E-state index contributed by atoms with van der Waals surface area (Å²) in [6.07, 6.45) is 3.24. The van der Waals surface area contributed by atoms with Crippen LogP contribution < -0.4 is 10.6 Å². The minimum absolute atomic E-state index is 0.101. The summed E-state index contributed by atoms with van der Waals surface area (Å²) < 4.78 is 65.5. The van der Waals surface area contributed by atoms with Gasteiger partial charge in [-0.3, -0.25) is 0 Å². The molecule has 0 radical (unpaired) electrons. The average Bonchev–Trinajstić information content (AvgIpc) is 2.48. The van der Waals surface area contributed by atoms with Gasteiger partial charge in [0.05, 0.1) is 0 Å². The van der Waals surface area contributed by atoms with Crippen LogP contribution in [-0.4, -0.2) is 19.6 Å². The molecule has 1 heterocycles. The highest BCUT2D eigenvalue weighted by molar-refractivity contribution is 5.47. The number of hydrogen-bond acceptors (Lipinski definition) is 2. The van der Waals surface area contributed by atoms with Crippen molar-refractivity contribution in [1.82, 2.24) is 5.32 Å². The first-order valence-corrected chi connectivity index (χ1v) is 6.16. The van der Waals surface area contributed by atoms with Crippen LogP contribution in [0.4, 0.5) is 27.6 Å². The van der Waals surface area contributed by atoms with Gasteiger partial charge in [0.1, 0.15) is 5.69 Å².